The number of aryl methyl sites for hydroxylation is 1. The van der Waals surface area contributed by atoms with E-state index < -0.39 is 0 Å². The van der Waals surface area contributed by atoms with E-state index in [0.29, 0.717) is 19.5 Å². The summed E-state index contributed by atoms with van der Waals surface area (Å²) in [6.07, 6.45) is 6.50. The Labute approximate surface area is 149 Å². The molecule has 22 heavy (non-hydrogen) atoms. The maximum Gasteiger partial charge on any atom is 0.223 e. The van der Waals surface area contributed by atoms with Gasteiger partial charge in [0, 0.05) is 18.3 Å². The molecule has 1 fully saturated rings. The highest BCUT2D eigenvalue weighted by Crippen LogP contribution is 2.38. The number of nitrogens with two attached hydrogens (primary N) is 1. The number of nitrogens with zero attached hydrogens (tertiary/aromatic N) is 2. The first kappa shape index (κ1) is 21.6. The molecule has 0 bridgehead atoms. The quantitative estimate of drug-likeness (QED) is 0.865. The molecule has 1 aliphatic rings. The summed E-state index contributed by atoms with van der Waals surface area (Å²) in [7, 11) is 1.88. The third kappa shape index (κ3) is 5.37. The van der Waals surface area contributed by atoms with Crippen molar-refractivity contribution in [1.29, 1.82) is 0 Å². The van der Waals surface area contributed by atoms with E-state index in [4.69, 9.17) is 5.73 Å². The number of thiazole rings is 1. The van der Waals surface area contributed by atoms with Crippen molar-refractivity contribution >= 4 is 42.1 Å². The number of halogens is 2. The van der Waals surface area contributed by atoms with Gasteiger partial charge < -0.3 is 10.6 Å². The molecule has 1 heterocycles. The van der Waals surface area contributed by atoms with Crippen LogP contribution in [0.25, 0.3) is 0 Å². The van der Waals surface area contributed by atoms with Gasteiger partial charge in [0.05, 0.1) is 17.7 Å². The van der Waals surface area contributed by atoms with Crippen LogP contribution in [-0.4, -0.2) is 29.4 Å². The largest absolute Gasteiger partial charge is 0.341 e. The third-order valence-corrected chi connectivity index (χ3v) is 5.44. The van der Waals surface area contributed by atoms with Crippen molar-refractivity contribution in [3.05, 3.63) is 16.1 Å². The number of carbonyl (C=O) groups excluding carboxylic acids is 1. The highest BCUT2D eigenvalue weighted by Gasteiger charge is 2.33. The Kier molecular flexibility index (Phi) is 9.55. The first-order valence-electron chi connectivity index (χ1n) is 7.39. The van der Waals surface area contributed by atoms with Gasteiger partial charge in [-0.25, -0.2) is 4.98 Å². The van der Waals surface area contributed by atoms with E-state index >= 15 is 0 Å². The third-order valence-electron chi connectivity index (χ3n) is 4.52. The van der Waals surface area contributed by atoms with Gasteiger partial charge in [-0.15, -0.1) is 36.2 Å². The van der Waals surface area contributed by atoms with Crippen molar-refractivity contribution in [2.45, 2.75) is 52.0 Å². The second kappa shape index (κ2) is 9.71. The minimum atomic E-state index is 0. The molecule has 2 rings (SSSR count). The fourth-order valence-electron chi connectivity index (χ4n) is 2.99. The topological polar surface area (TPSA) is 59.2 Å². The average molecular weight is 368 g/mol. The van der Waals surface area contributed by atoms with Crippen LogP contribution >= 0.6 is 36.2 Å². The molecule has 1 aliphatic carbocycles. The molecule has 7 heteroatoms. The fraction of sp³-hybridized carbons (Fsp3) is 0.733. The van der Waals surface area contributed by atoms with Crippen molar-refractivity contribution in [2.75, 3.05) is 13.6 Å². The van der Waals surface area contributed by atoms with Crippen LogP contribution in [0.3, 0.4) is 0 Å². The van der Waals surface area contributed by atoms with Crippen LogP contribution in [0.4, 0.5) is 0 Å². The monoisotopic (exact) mass is 367 g/mol. The lowest BCUT2D eigenvalue weighted by Gasteiger charge is -2.36. The second-order valence-corrected chi connectivity index (χ2v) is 6.99. The Morgan fingerprint density at radius 1 is 1.36 bits per heavy atom. The molecule has 0 atom stereocenters. The maximum atomic E-state index is 12.5. The van der Waals surface area contributed by atoms with Gasteiger partial charge in [-0.3, -0.25) is 4.79 Å². The Hall–Kier alpha value is -0.360. The number of carbonyl (C=O) groups is 1. The van der Waals surface area contributed by atoms with E-state index in [2.05, 4.69) is 4.98 Å². The highest BCUT2D eigenvalue weighted by molar-refractivity contribution is 7.09. The normalized spacial score (nSPS) is 16.3. The van der Waals surface area contributed by atoms with Crippen LogP contribution in [0.15, 0.2) is 5.51 Å². The summed E-state index contributed by atoms with van der Waals surface area (Å²) in [5.41, 5.74) is 8.88. The second-order valence-electron chi connectivity index (χ2n) is 6.05. The fourth-order valence-corrected chi connectivity index (χ4v) is 3.82. The Morgan fingerprint density at radius 3 is 2.50 bits per heavy atom. The first-order chi connectivity index (χ1) is 9.56. The molecule has 128 valence electrons. The Morgan fingerprint density at radius 2 is 2.00 bits per heavy atom. The van der Waals surface area contributed by atoms with Crippen molar-refractivity contribution in [3.8, 4) is 0 Å². The summed E-state index contributed by atoms with van der Waals surface area (Å²) >= 11 is 1.62. The predicted octanol–water partition coefficient (Wildman–Crippen LogP) is 3.55. The number of hydrogen-bond donors (Lipinski definition) is 1. The summed E-state index contributed by atoms with van der Waals surface area (Å²) in [5, 5.41) is 0. The molecule has 2 N–H and O–H groups in total. The minimum Gasteiger partial charge on any atom is -0.341 e. The van der Waals surface area contributed by atoms with Gasteiger partial charge in [-0.05, 0) is 31.7 Å². The molecule has 1 aromatic heterocycles. The predicted molar refractivity (Wildman–Crippen MR) is 97.0 cm³/mol. The smallest absolute Gasteiger partial charge is 0.223 e. The number of hydrogen-bond acceptors (Lipinski definition) is 4. The highest BCUT2D eigenvalue weighted by atomic mass is 35.5. The zero-order chi connectivity index (χ0) is 14.6. The summed E-state index contributed by atoms with van der Waals surface area (Å²) in [5.74, 6) is 0.213. The number of rotatable bonds is 5. The van der Waals surface area contributed by atoms with Crippen LogP contribution in [0.1, 0.15) is 49.1 Å². The summed E-state index contributed by atoms with van der Waals surface area (Å²) in [6, 6.07) is 0. The lowest BCUT2D eigenvalue weighted by Crippen LogP contribution is -2.39. The van der Waals surface area contributed by atoms with Gasteiger partial charge in [-0.2, -0.15) is 0 Å². The van der Waals surface area contributed by atoms with Gasteiger partial charge in [0.15, 0.2) is 0 Å². The molecule has 0 saturated heterocycles. The van der Waals surface area contributed by atoms with Crippen molar-refractivity contribution in [2.24, 2.45) is 11.1 Å². The molecular weight excluding hydrogens is 341 g/mol. The summed E-state index contributed by atoms with van der Waals surface area (Å²) in [4.78, 5) is 19.7. The van der Waals surface area contributed by atoms with E-state index in [-0.39, 0.29) is 36.1 Å². The Bertz CT molecular complexity index is 461. The van der Waals surface area contributed by atoms with Gasteiger partial charge >= 0.3 is 0 Å². The van der Waals surface area contributed by atoms with Crippen LogP contribution in [-0.2, 0) is 11.3 Å². The summed E-state index contributed by atoms with van der Waals surface area (Å²) < 4.78 is 0. The maximum absolute atomic E-state index is 12.5. The summed E-state index contributed by atoms with van der Waals surface area (Å²) in [6.45, 7) is 3.29. The van der Waals surface area contributed by atoms with Gasteiger partial charge in [0.2, 0.25) is 5.91 Å². The Balaban J connectivity index is 0.00000220. The SMILES string of the molecule is Cc1ncsc1CN(C)C(=O)CC1(CN)CCCCC1.Cl.Cl. The van der Waals surface area contributed by atoms with Gasteiger partial charge in [-0.1, -0.05) is 19.3 Å². The number of aromatic nitrogens is 1. The molecule has 0 unspecified atom stereocenters. The molecular formula is C15H27Cl2N3OS. The van der Waals surface area contributed by atoms with Crippen molar-refractivity contribution in [3.63, 3.8) is 0 Å². The average Bonchev–Trinajstić information content (AvgIpc) is 2.85. The van der Waals surface area contributed by atoms with Crippen LogP contribution in [0.5, 0.6) is 0 Å². The van der Waals surface area contributed by atoms with E-state index in [9.17, 15) is 4.79 Å². The van der Waals surface area contributed by atoms with Crippen LogP contribution < -0.4 is 5.73 Å². The molecule has 0 aromatic carbocycles. The van der Waals surface area contributed by atoms with Crippen molar-refractivity contribution < 1.29 is 4.79 Å². The molecule has 1 aromatic rings. The van der Waals surface area contributed by atoms with E-state index in [0.717, 1.165) is 18.5 Å². The van der Waals surface area contributed by atoms with Gasteiger partial charge in [0.25, 0.3) is 0 Å². The minimum absolute atomic E-state index is 0. The zero-order valence-electron chi connectivity index (χ0n) is 13.3. The van der Waals surface area contributed by atoms with E-state index in [1.165, 1.54) is 24.1 Å². The molecule has 1 amide bonds. The number of amides is 1. The zero-order valence-corrected chi connectivity index (χ0v) is 15.8. The molecule has 0 spiro atoms. The molecule has 4 nitrogen and oxygen atoms in total. The van der Waals surface area contributed by atoms with E-state index in [1.807, 2.05) is 24.4 Å². The van der Waals surface area contributed by atoms with Crippen molar-refractivity contribution in [1.82, 2.24) is 9.88 Å². The van der Waals surface area contributed by atoms with Crippen LogP contribution in [0, 0.1) is 12.3 Å². The molecule has 1 saturated carbocycles. The van der Waals surface area contributed by atoms with Gasteiger partial charge in [0.1, 0.15) is 0 Å². The lowest BCUT2D eigenvalue weighted by molar-refractivity contribution is -0.133. The molecule has 0 aliphatic heterocycles. The van der Waals surface area contributed by atoms with E-state index in [1.54, 1.807) is 11.3 Å². The van der Waals surface area contributed by atoms with Crippen LogP contribution in [0.2, 0.25) is 0 Å². The molecule has 0 radical (unpaired) electrons. The lowest BCUT2D eigenvalue weighted by atomic mass is 9.71. The standard InChI is InChI=1S/C15H25N3OS.2ClH/c1-12-13(20-11-17-12)9-18(2)14(19)8-15(10-16)6-4-3-5-7-15;;/h11H,3-10,16H2,1-2H3;2*1H. The first-order valence-corrected chi connectivity index (χ1v) is 8.27.